The van der Waals surface area contributed by atoms with Crippen molar-refractivity contribution in [1.82, 2.24) is 4.90 Å². The molecule has 1 fully saturated rings. The number of likely N-dealkylation sites (tertiary alicyclic amines) is 1. The SMILES string of the molecule is COc1ccc(/C(O)=C2/C(=O)C(=O)N(CCCOC(C)C)C2c2ccco2)c(OC)c1. The lowest BCUT2D eigenvalue weighted by molar-refractivity contribution is -0.140. The Balaban J connectivity index is 2.03. The van der Waals surface area contributed by atoms with Gasteiger partial charge in [-0.05, 0) is 44.5 Å². The van der Waals surface area contributed by atoms with Gasteiger partial charge in [-0.2, -0.15) is 0 Å². The predicted molar refractivity (Wildman–Crippen MR) is 113 cm³/mol. The van der Waals surface area contributed by atoms with Gasteiger partial charge in [0.1, 0.15) is 29.1 Å². The van der Waals surface area contributed by atoms with Crippen molar-refractivity contribution in [2.75, 3.05) is 27.4 Å². The van der Waals surface area contributed by atoms with Crippen LogP contribution in [0.2, 0.25) is 0 Å². The van der Waals surface area contributed by atoms with Crippen LogP contribution >= 0.6 is 0 Å². The normalized spacial score (nSPS) is 18.1. The van der Waals surface area contributed by atoms with Crippen LogP contribution in [0.15, 0.2) is 46.6 Å². The molecule has 8 nitrogen and oxygen atoms in total. The van der Waals surface area contributed by atoms with Crippen LogP contribution in [0.4, 0.5) is 0 Å². The average Bonchev–Trinajstić information content (AvgIpc) is 3.37. The molecule has 166 valence electrons. The van der Waals surface area contributed by atoms with Gasteiger partial charge in [0, 0.05) is 19.2 Å². The van der Waals surface area contributed by atoms with Gasteiger partial charge in [0.25, 0.3) is 11.7 Å². The number of aliphatic hydroxyl groups is 1. The molecule has 0 saturated carbocycles. The van der Waals surface area contributed by atoms with Crippen molar-refractivity contribution in [1.29, 1.82) is 0 Å². The second-order valence-corrected chi connectivity index (χ2v) is 7.35. The molecule has 31 heavy (non-hydrogen) atoms. The first-order chi connectivity index (χ1) is 14.9. The third-order valence-corrected chi connectivity index (χ3v) is 5.01. The van der Waals surface area contributed by atoms with Gasteiger partial charge in [0.15, 0.2) is 0 Å². The van der Waals surface area contributed by atoms with Crippen LogP contribution in [0.1, 0.15) is 37.6 Å². The Labute approximate surface area is 181 Å². The van der Waals surface area contributed by atoms with Crippen LogP contribution in [-0.2, 0) is 14.3 Å². The number of furan rings is 1. The fourth-order valence-corrected chi connectivity index (χ4v) is 3.55. The van der Waals surface area contributed by atoms with E-state index in [1.54, 1.807) is 30.3 Å². The molecule has 2 heterocycles. The van der Waals surface area contributed by atoms with E-state index in [1.165, 1.54) is 25.4 Å². The third kappa shape index (κ3) is 4.59. The van der Waals surface area contributed by atoms with Crippen molar-refractivity contribution < 1.29 is 33.3 Å². The number of carbonyl (C=O) groups is 2. The standard InChI is InChI=1S/C23H27NO7/c1-14(2)30-12-6-10-24-20(17-7-5-11-31-17)19(22(26)23(24)27)21(25)16-9-8-15(28-3)13-18(16)29-4/h5,7-9,11,13-14,20,25H,6,10,12H2,1-4H3/b21-19-. The summed E-state index contributed by atoms with van der Waals surface area (Å²) in [6, 6.07) is 7.31. The first-order valence-corrected chi connectivity index (χ1v) is 10.0. The second-order valence-electron chi connectivity index (χ2n) is 7.35. The van der Waals surface area contributed by atoms with Crippen LogP contribution in [0.25, 0.3) is 5.76 Å². The van der Waals surface area contributed by atoms with Crippen molar-refractivity contribution in [2.24, 2.45) is 0 Å². The van der Waals surface area contributed by atoms with Crippen LogP contribution < -0.4 is 9.47 Å². The molecule has 3 rings (SSSR count). The van der Waals surface area contributed by atoms with Crippen LogP contribution in [0.3, 0.4) is 0 Å². The summed E-state index contributed by atoms with van der Waals surface area (Å²) in [5.41, 5.74) is 0.231. The first kappa shape index (κ1) is 22.4. The molecule has 1 aromatic heterocycles. The number of methoxy groups -OCH3 is 2. The topological polar surface area (TPSA) is 98.4 Å². The molecule has 2 aromatic rings. The molecule has 1 N–H and O–H groups in total. The van der Waals surface area contributed by atoms with Gasteiger partial charge >= 0.3 is 0 Å². The lowest BCUT2D eigenvalue weighted by Crippen LogP contribution is -2.31. The Morgan fingerprint density at radius 2 is 1.97 bits per heavy atom. The Hall–Kier alpha value is -3.26. The number of ketones is 1. The maximum Gasteiger partial charge on any atom is 0.295 e. The van der Waals surface area contributed by atoms with Gasteiger partial charge in [-0.1, -0.05) is 0 Å². The maximum atomic E-state index is 13.0. The average molecular weight is 429 g/mol. The minimum atomic E-state index is -0.846. The zero-order valence-electron chi connectivity index (χ0n) is 18.1. The van der Waals surface area contributed by atoms with E-state index in [4.69, 9.17) is 18.6 Å². The highest BCUT2D eigenvalue weighted by atomic mass is 16.5. The maximum absolute atomic E-state index is 13.0. The molecule has 0 bridgehead atoms. The van der Waals surface area contributed by atoms with Gasteiger partial charge in [0.05, 0.1) is 37.7 Å². The van der Waals surface area contributed by atoms with E-state index in [-0.39, 0.29) is 29.5 Å². The summed E-state index contributed by atoms with van der Waals surface area (Å²) >= 11 is 0. The molecule has 1 aliphatic rings. The fraction of sp³-hybridized carbons (Fsp3) is 0.391. The summed E-state index contributed by atoms with van der Waals surface area (Å²) in [6.07, 6.45) is 2.07. The molecule has 1 amide bonds. The summed E-state index contributed by atoms with van der Waals surface area (Å²) in [7, 11) is 2.96. The Kier molecular flexibility index (Phi) is 7.02. The molecule has 1 atom stereocenters. The van der Waals surface area contributed by atoms with Crippen molar-refractivity contribution in [3.8, 4) is 11.5 Å². The smallest absolute Gasteiger partial charge is 0.295 e. The van der Waals surface area contributed by atoms with Gasteiger partial charge in [-0.25, -0.2) is 0 Å². The molecule has 8 heteroatoms. The highest BCUT2D eigenvalue weighted by Crippen LogP contribution is 2.41. The predicted octanol–water partition coefficient (Wildman–Crippen LogP) is 3.53. The lowest BCUT2D eigenvalue weighted by atomic mass is 9.98. The summed E-state index contributed by atoms with van der Waals surface area (Å²) in [5, 5.41) is 11.1. The van der Waals surface area contributed by atoms with Crippen LogP contribution in [0.5, 0.6) is 11.5 Å². The van der Waals surface area contributed by atoms with E-state index in [2.05, 4.69) is 0 Å². The summed E-state index contributed by atoms with van der Waals surface area (Å²) < 4.78 is 21.6. The Morgan fingerprint density at radius 1 is 1.19 bits per heavy atom. The monoisotopic (exact) mass is 429 g/mol. The van der Waals surface area contributed by atoms with Crippen molar-refractivity contribution in [3.05, 3.63) is 53.5 Å². The van der Waals surface area contributed by atoms with E-state index < -0.39 is 17.7 Å². The fourth-order valence-electron chi connectivity index (χ4n) is 3.55. The quantitative estimate of drug-likeness (QED) is 0.282. The number of rotatable bonds is 9. The number of ether oxygens (including phenoxy) is 3. The zero-order valence-corrected chi connectivity index (χ0v) is 18.1. The van der Waals surface area contributed by atoms with Crippen LogP contribution in [-0.4, -0.2) is 55.2 Å². The number of hydrogen-bond acceptors (Lipinski definition) is 7. The van der Waals surface area contributed by atoms with Crippen molar-refractivity contribution in [2.45, 2.75) is 32.4 Å². The van der Waals surface area contributed by atoms with E-state index in [9.17, 15) is 14.7 Å². The summed E-state index contributed by atoms with van der Waals surface area (Å²) in [6.45, 7) is 4.58. The Bertz CT molecular complexity index is 962. The van der Waals surface area contributed by atoms with Gasteiger partial charge in [-0.15, -0.1) is 0 Å². The minimum absolute atomic E-state index is 0.0480. The largest absolute Gasteiger partial charge is 0.507 e. The molecule has 0 radical (unpaired) electrons. The molecule has 1 aromatic carbocycles. The lowest BCUT2D eigenvalue weighted by Gasteiger charge is -2.23. The number of hydrogen-bond donors (Lipinski definition) is 1. The number of nitrogens with zero attached hydrogens (tertiary/aromatic N) is 1. The number of benzene rings is 1. The number of carbonyl (C=O) groups excluding carboxylic acids is 2. The molecule has 1 unspecified atom stereocenters. The van der Waals surface area contributed by atoms with E-state index in [0.29, 0.717) is 30.3 Å². The number of Topliss-reactive ketones (excluding diaryl/α,β-unsaturated/α-hetero) is 1. The summed E-state index contributed by atoms with van der Waals surface area (Å²) in [5.74, 6) is -0.576. The Morgan fingerprint density at radius 3 is 2.58 bits per heavy atom. The van der Waals surface area contributed by atoms with E-state index >= 15 is 0 Å². The van der Waals surface area contributed by atoms with Crippen molar-refractivity contribution >= 4 is 17.4 Å². The molecular weight excluding hydrogens is 402 g/mol. The zero-order chi connectivity index (χ0) is 22.5. The van der Waals surface area contributed by atoms with E-state index in [1.807, 2.05) is 13.8 Å². The first-order valence-electron chi connectivity index (χ1n) is 10.0. The van der Waals surface area contributed by atoms with E-state index in [0.717, 1.165) is 0 Å². The summed E-state index contributed by atoms with van der Waals surface area (Å²) in [4.78, 5) is 27.2. The highest BCUT2D eigenvalue weighted by Gasteiger charge is 2.47. The van der Waals surface area contributed by atoms with Crippen LogP contribution in [0, 0.1) is 0 Å². The number of aliphatic hydroxyl groups excluding tert-OH is 1. The molecular formula is C23H27NO7. The number of amides is 1. The van der Waals surface area contributed by atoms with Gasteiger partial charge in [0.2, 0.25) is 0 Å². The molecule has 1 aliphatic heterocycles. The van der Waals surface area contributed by atoms with Crippen molar-refractivity contribution in [3.63, 3.8) is 0 Å². The molecule has 0 aliphatic carbocycles. The van der Waals surface area contributed by atoms with Gasteiger partial charge < -0.3 is 28.6 Å². The molecule has 0 spiro atoms. The third-order valence-electron chi connectivity index (χ3n) is 5.01. The second kappa shape index (κ2) is 9.70. The van der Waals surface area contributed by atoms with Gasteiger partial charge in [-0.3, -0.25) is 9.59 Å². The minimum Gasteiger partial charge on any atom is -0.507 e. The highest BCUT2D eigenvalue weighted by molar-refractivity contribution is 6.46. The molecule has 1 saturated heterocycles.